The van der Waals surface area contributed by atoms with E-state index < -0.39 is 28.5 Å². The van der Waals surface area contributed by atoms with Crippen LogP contribution >= 0.6 is 23.2 Å². The van der Waals surface area contributed by atoms with Gasteiger partial charge in [-0.3, -0.25) is 13.9 Å². The van der Waals surface area contributed by atoms with Crippen LogP contribution in [0.5, 0.6) is 0 Å². The second-order valence-corrected chi connectivity index (χ2v) is 14.6. The standard InChI is InChI=1S/C33H41Cl2N3O4S/c1-7-23(2)36-32(40)30(19-24-11-9-8-10-12-24)37(21-25-13-16-27(34)20-29(25)35)31(39)22-38(43(6,41)42)28-17-14-26(15-18-28)33(3,4)5/h8-18,20,23,30H,7,19,21-22H2,1-6H3,(H,36,40)/t23-,30-/m1/s1. The average Bonchev–Trinajstić information content (AvgIpc) is 2.94. The number of carbonyl (C=O) groups excluding carboxylic acids is 2. The molecule has 0 aliphatic heterocycles. The molecule has 3 aromatic rings. The van der Waals surface area contributed by atoms with Crippen LogP contribution < -0.4 is 9.62 Å². The van der Waals surface area contributed by atoms with E-state index >= 15 is 0 Å². The molecule has 0 aromatic heterocycles. The molecule has 0 bridgehead atoms. The Kier molecular flexibility index (Phi) is 11.7. The average molecular weight is 647 g/mol. The first-order valence-corrected chi connectivity index (χ1v) is 16.9. The van der Waals surface area contributed by atoms with Crippen LogP contribution in [0.3, 0.4) is 0 Å². The summed E-state index contributed by atoms with van der Waals surface area (Å²) in [6, 6.07) is 20.4. The maximum Gasteiger partial charge on any atom is 0.244 e. The lowest BCUT2D eigenvalue weighted by atomic mass is 9.87. The van der Waals surface area contributed by atoms with Gasteiger partial charge in [-0.05, 0) is 59.7 Å². The normalized spacial score (nSPS) is 13.2. The molecule has 0 radical (unpaired) electrons. The van der Waals surface area contributed by atoms with E-state index in [1.54, 1.807) is 30.3 Å². The zero-order valence-electron chi connectivity index (χ0n) is 25.6. The number of benzene rings is 3. The van der Waals surface area contributed by atoms with Gasteiger partial charge in [0.25, 0.3) is 0 Å². The lowest BCUT2D eigenvalue weighted by molar-refractivity contribution is -0.140. The highest BCUT2D eigenvalue weighted by Crippen LogP contribution is 2.28. The Morgan fingerprint density at radius 1 is 0.953 bits per heavy atom. The minimum Gasteiger partial charge on any atom is -0.352 e. The van der Waals surface area contributed by atoms with Crippen molar-refractivity contribution in [3.8, 4) is 0 Å². The summed E-state index contributed by atoms with van der Waals surface area (Å²) in [6.45, 7) is 9.53. The van der Waals surface area contributed by atoms with Gasteiger partial charge in [-0.2, -0.15) is 0 Å². The molecule has 0 fully saturated rings. The molecule has 2 amide bonds. The SMILES string of the molecule is CC[C@@H](C)NC(=O)[C@@H](Cc1ccccc1)N(Cc1ccc(Cl)cc1Cl)C(=O)CN(c1ccc(C(C)(C)C)cc1)S(C)(=O)=O. The first kappa shape index (κ1) is 34.4. The lowest BCUT2D eigenvalue weighted by Crippen LogP contribution is -2.54. The summed E-state index contributed by atoms with van der Waals surface area (Å²) in [5.41, 5.74) is 2.68. The first-order chi connectivity index (χ1) is 20.1. The Hall–Kier alpha value is -3.07. The summed E-state index contributed by atoms with van der Waals surface area (Å²) < 4.78 is 27.2. The molecule has 3 aromatic carbocycles. The van der Waals surface area contributed by atoms with E-state index in [-0.39, 0.29) is 30.3 Å². The van der Waals surface area contributed by atoms with Crippen LogP contribution in [0.2, 0.25) is 10.0 Å². The molecule has 10 heteroatoms. The minimum atomic E-state index is -3.87. The molecule has 43 heavy (non-hydrogen) atoms. The van der Waals surface area contributed by atoms with Gasteiger partial charge >= 0.3 is 0 Å². The number of nitrogens with one attached hydrogen (secondary N) is 1. The topological polar surface area (TPSA) is 86.8 Å². The third-order valence-electron chi connectivity index (χ3n) is 7.33. The van der Waals surface area contributed by atoms with Crippen LogP contribution in [0, 0.1) is 0 Å². The fourth-order valence-corrected chi connectivity index (χ4v) is 5.89. The van der Waals surface area contributed by atoms with E-state index in [2.05, 4.69) is 26.1 Å². The van der Waals surface area contributed by atoms with Crippen LogP contribution in [0.1, 0.15) is 57.7 Å². The number of carbonyl (C=O) groups is 2. The molecule has 0 aliphatic carbocycles. The largest absolute Gasteiger partial charge is 0.352 e. The van der Waals surface area contributed by atoms with E-state index in [4.69, 9.17) is 23.2 Å². The van der Waals surface area contributed by atoms with E-state index in [1.165, 1.54) is 4.90 Å². The molecular weight excluding hydrogens is 605 g/mol. The Morgan fingerprint density at radius 2 is 1.58 bits per heavy atom. The number of halogens is 2. The van der Waals surface area contributed by atoms with Crippen molar-refractivity contribution >= 4 is 50.7 Å². The molecular formula is C33H41Cl2N3O4S. The van der Waals surface area contributed by atoms with Crippen molar-refractivity contribution < 1.29 is 18.0 Å². The summed E-state index contributed by atoms with van der Waals surface area (Å²) in [7, 11) is -3.87. The van der Waals surface area contributed by atoms with Gasteiger partial charge in [-0.15, -0.1) is 0 Å². The zero-order valence-corrected chi connectivity index (χ0v) is 27.9. The molecule has 0 unspecified atom stereocenters. The molecule has 2 atom stereocenters. The molecule has 3 rings (SSSR count). The quantitative estimate of drug-likeness (QED) is 0.240. The second-order valence-electron chi connectivity index (χ2n) is 11.8. The summed E-state index contributed by atoms with van der Waals surface area (Å²) in [4.78, 5) is 29.4. The number of rotatable bonds is 12. The van der Waals surface area contributed by atoms with E-state index in [9.17, 15) is 18.0 Å². The van der Waals surface area contributed by atoms with Crippen molar-refractivity contribution in [2.24, 2.45) is 0 Å². The van der Waals surface area contributed by atoms with Gasteiger partial charge in [0.2, 0.25) is 21.8 Å². The molecule has 1 N–H and O–H groups in total. The van der Waals surface area contributed by atoms with Gasteiger partial charge in [-0.1, -0.05) is 99.4 Å². The second kappa shape index (κ2) is 14.6. The zero-order chi connectivity index (χ0) is 31.9. The molecule has 0 saturated carbocycles. The number of hydrogen-bond donors (Lipinski definition) is 1. The fraction of sp³-hybridized carbons (Fsp3) is 0.394. The maximum atomic E-state index is 14.2. The maximum absolute atomic E-state index is 14.2. The predicted octanol–water partition coefficient (Wildman–Crippen LogP) is 6.61. The van der Waals surface area contributed by atoms with Crippen molar-refractivity contribution in [3.63, 3.8) is 0 Å². The highest BCUT2D eigenvalue weighted by atomic mass is 35.5. The van der Waals surface area contributed by atoms with Gasteiger partial charge < -0.3 is 10.2 Å². The van der Waals surface area contributed by atoms with Crippen molar-refractivity contribution in [2.45, 2.75) is 71.5 Å². The summed E-state index contributed by atoms with van der Waals surface area (Å²) in [5.74, 6) is -0.881. The number of amides is 2. The highest BCUT2D eigenvalue weighted by Gasteiger charge is 2.34. The molecule has 7 nitrogen and oxygen atoms in total. The lowest BCUT2D eigenvalue weighted by Gasteiger charge is -2.34. The van der Waals surface area contributed by atoms with Gasteiger partial charge in [0.15, 0.2) is 0 Å². The van der Waals surface area contributed by atoms with Crippen molar-refractivity contribution in [1.29, 1.82) is 0 Å². The van der Waals surface area contributed by atoms with Gasteiger partial charge in [0, 0.05) is 29.1 Å². The smallest absolute Gasteiger partial charge is 0.244 e. The molecule has 0 spiro atoms. The van der Waals surface area contributed by atoms with Crippen LogP contribution in [0.15, 0.2) is 72.8 Å². The first-order valence-electron chi connectivity index (χ1n) is 14.3. The van der Waals surface area contributed by atoms with Gasteiger partial charge in [0.05, 0.1) is 11.9 Å². The van der Waals surface area contributed by atoms with Gasteiger partial charge in [-0.25, -0.2) is 8.42 Å². The number of hydrogen-bond acceptors (Lipinski definition) is 4. The van der Waals surface area contributed by atoms with E-state index in [1.807, 2.05) is 56.3 Å². The number of anilines is 1. The van der Waals surface area contributed by atoms with Crippen molar-refractivity contribution in [1.82, 2.24) is 10.2 Å². The van der Waals surface area contributed by atoms with E-state index in [0.29, 0.717) is 27.7 Å². The summed E-state index contributed by atoms with van der Waals surface area (Å²) in [6.07, 6.45) is 1.99. The summed E-state index contributed by atoms with van der Waals surface area (Å²) in [5, 5.41) is 3.78. The molecule has 0 aliphatic rings. The van der Waals surface area contributed by atoms with Crippen LogP contribution in [-0.4, -0.2) is 50.0 Å². The third-order valence-corrected chi connectivity index (χ3v) is 9.06. The molecule has 0 saturated heterocycles. The van der Waals surface area contributed by atoms with Crippen LogP contribution in [0.25, 0.3) is 0 Å². The molecule has 0 heterocycles. The van der Waals surface area contributed by atoms with Crippen LogP contribution in [-0.2, 0) is 38.0 Å². The summed E-state index contributed by atoms with van der Waals surface area (Å²) >= 11 is 12.7. The number of sulfonamides is 1. The highest BCUT2D eigenvalue weighted by molar-refractivity contribution is 7.92. The van der Waals surface area contributed by atoms with Crippen molar-refractivity contribution in [2.75, 3.05) is 17.1 Å². The van der Waals surface area contributed by atoms with Crippen molar-refractivity contribution in [3.05, 3.63) is 99.5 Å². The fourth-order valence-electron chi connectivity index (χ4n) is 4.57. The Morgan fingerprint density at radius 3 is 2.12 bits per heavy atom. The Balaban J connectivity index is 2.08. The Labute approximate surface area is 266 Å². The van der Waals surface area contributed by atoms with Crippen LogP contribution in [0.4, 0.5) is 5.69 Å². The molecule has 232 valence electrons. The van der Waals surface area contributed by atoms with Gasteiger partial charge in [0.1, 0.15) is 12.6 Å². The third kappa shape index (κ3) is 9.71. The predicted molar refractivity (Wildman–Crippen MR) is 176 cm³/mol. The minimum absolute atomic E-state index is 0.0270. The Bertz CT molecular complexity index is 1510. The van der Waals surface area contributed by atoms with E-state index in [0.717, 1.165) is 21.7 Å². The monoisotopic (exact) mass is 645 g/mol. The number of nitrogens with zero attached hydrogens (tertiary/aromatic N) is 2.